The minimum atomic E-state index is -0.497. The molecule has 0 aliphatic rings. The monoisotopic (exact) mass is 232 g/mol. The van der Waals surface area contributed by atoms with E-state index in [0.717, 1.165) is 6.42 Å². The van der Waals surface area contributed by atoms with Gasteiger partial charge in [0.05, 0.1) is 6.04 Å². The molecule has 4 N–H and O–H groups in total. The zero-order chi connectivity index (χ0) is 12.6. The Balaban J connectivity index is 3.86. The molecule has 0 aromatic heterocycles. The number of aliphatic hydroxyl groups is 1. The lowest BCUT2D eigenvalue weighted by Gasteiger charge is -2.21. The second-order valence-corrected chi connectivity index (χ2v) is 4.20. The predicted molar refractivity (Wildman–Crippen MR) is 62.9 cm³/mol. The van der Waals surface area contributed by atoms with Crippen LogP contribution in [-0.4, -0.2) is 43.4 Å². The van der Waals surface area contributed by atoms with Gasteiger partial charge in [0.2, 0.25) is 5.91 Å². The highest BCUT2D eigenvalue weighted by Gasteiger charge is 2.18. The second kappa shape index (κ2) is 8.50. The highest BCUT2D eigenvalue weighted by molar-refractivity contribution is 5.81. The number of nitrogens with one attached hydrogen (secondary N) is 1. The number of amides is 1. The van der Waals surface area contributed by atoms with Crippen molar-refractivity contribution < 1.29 is 14.6 Å². The van der Waals surface area contributed by atoms with Gasteiger partial charge >= 0.3 is 0 Å². The standard InChI is InChI=1S/C11H24N2O3/c1-8(7-14)9(2)13-11(15)10(12)5-4-6-16-3/h8-10,14H,4-7,12H2,1-3H3,(H,13,15). The van der Waals surface area contributed by atoms with Crippen LogP contribution in [-0.2, 0) is 9.53 Å². The van der Waals surface area contributed by atoms with Gasteiger partial charge in [-0.05, 0) is 25.7 Å². The number of rotatable bonds is 8. The zero-order valence-electron chi connectivity index (χ0n) is 10.4. The maximum atomic E-state index is 11.6. The molecule has 0 rings (SSSR count). The van der Waals surface area contributed by atoms with E-state index in [1.54, 1.807) is 7.11 Å². The first-order chi connectivity index (χ1) is 7.52. The van der Waals surface area contributed by atoms with Gasteiger partial charge in [-0.25, -0.2) is 0 Å². The first-order valence-electron chi connectivity index (χ1n) is 5.68. The van der Waals surface area contributed by atoms with Crippen molar-refractivity contribution in [3.63, 3.8) is 0 Å². The summed E-state index contributed by atoms with van der Waals surface area (Å²) in [5.41, 5.74) is 5.72. The van der Waals surface area contributed by atoms with Crippen LogP contribution in [0.1, 0.15) is 26.7 Å². The molecular formula is C11H24N2O3. The molecule has 0 saturated heterocycles. The van der Waals surface area contributed by atoms with Crippen LogP contribution in [0.15, 0.2) is 0 Å². The van der Waals surface area contributed by atoms with Gasteiger partial charge in [-0.2, -0.15) is 0 Å². The van der Waals surface area contributed by atoms with E-state index in [0.29, 0.717) is 13.0 Å². The van der Waals surface area contributed by atoms with Crippen molar-refractivity contribution in [3.8, 4) is 0 Å². The number of carbonyl (C=O) groups excluding carboxylic acids is 1. The van der Waals surface area contributed by atoms with E-state index in [-0.39, 0.29) is 24.5 Å². The highest BCUT2D eigenvalue weighted by Crippen LogP contribution is 2.02. The fourth-order valence-electron chi connectivity index (χ4n) is 1.21. The van der Waals surface area contributed by atoms with Crippen molar-refractivity contribution >= 4 is 5.91 Å². The molecule has 0 aromatic rings. The Kier molecular flexibility index (Phi) is 8.15. The van der Waals surface area contributed by atoms with Crippen molar-refractivity contribution in [1.29, 1.82) is 0 Å². The molecule has 0 fully saturated rings. The Morgan fingerprint density at radius 2 is 2.12 bits per heavy atom. The predicted octanol–water partition coefficient (Wildman–Crippen LogP) is -0.127. The average Bonchev–Trinajstić information content (AvgIpc) is 2.27. The number of methoxy groups -OCH3 is 1. The Labute approximate surface area is 97.3 Å². The number of nitrogens with two attached hydrogens (primary N) is 1. The molecule has 16 heavy (non-hydrogen) atoms. The maximum Gasteiger partial charge on any atom is 0.237 e. The molecule has 0 heterocycles. The lowest BCUT2D eigenvalue weighted by Crippen LogP contribution is -2.47. The molecule has 0 bridgehead atoms. The molecule has 3 atom stereocenters. The lowest BCUT2D eigenvalue weighted by atomic mass is 10.0. The topological polar surface area (TPSA) is 84.6 Å². The van der Waals surface area contributed by atoms with Crippen LogP contribution in [0.2, 0.25) is 0 Å². The van der Waals surface area contributed by atoms with Crippen LogP contribution >= 0.6 is 0 Å². The van der Waals surface area contributed by atoms with Gasteiger partial charge in [-0.1, -0.05) is 6.92 Å². The summed E-state index contributed by atoms with van der Waals surface area (Å²) in [6, 6.07) is -0.561. The smallest absolute Gasteiger partial charge is 0.237 e. The Hall–Kier alpha value is -0.650. The van der Waals surface area contributed by atoms with E-state index in [1.165, 1.54) is 0 Å². The van der Waals surface area contributed by atoms with Crippen molar-refractivity contribution in [1.82, 2.24) is 5.32 Å². The average molecular weight is 232 g/mol. The maximum absolute atomic E-state index is 11.6. The van der Waals surface area contributed by atoms with Crippen LogP contribution in [0, 0.1) is 5.92 Å². The summed E-state index contributed by atoms with van der Waals surface area (Å²) in [5, 5.41) is 11.7. The van der Waals surface area contributed by atoms with Crippen molar-refractivity contribution in [3.05, 3.63) is 0 Å². The van der Waals surface area contributed by atoms with E-state index >= 15 is 0 Å². The second-order valence-electron chi connectivity index (χ2n) is 4.20. The summed E-state index contributed by atoms with van der Waals surface area (Å²) in [6.07, 6.45) is 1.38. The third-order valence-electron chi connectivity index (χ3n) is 2.71. The molecule has 0 radical (unpaired) electrons. The molecule has 1 amide bonds. The molecular weight excluding hydrogens is 208 g/mol. The fourth-order valence-corrected chi connectivity index (χ4v) is 1.21. The summed E-state index contributed by atoms with van der Waals surface area (Å²) in [7, 11) is 1.62. The lowest BCUT2D eigenvalue weighted by molar-refractivity contribution is -0.123. The minimum absolute atomic E-state index is 0.0372. The van der Waals surface area contributed by atoms with Gasteiger partial charge in [-0.3, -0.25) is 4.79 Å². The van der Waals surface area contributed by atoms with E-state index in [4.69, 9.17) is 15.6 Å². The zero-order valence-corrected chi connectivity index (χ0v) is 10.4. The van der Waals surface area contributed by atoms with E-state index in [1.807, 2.05) is 13.8 Å². The molecule has 3 unspecified atom stereocenters. The summed E-state index contributed by atoms with van der Waals surface area (Å²) in [4.78, 5) is 11.6. The van der Waals surface area contributed by atoms with Crippen LogP contribution < -0.4 is 11.1 Å². The molecule has 0 aliphatic heterocycles. The number of ether oxygens (including phenoxy) is 1. The van der Waals surface area contributed by atoms with E-state index in [2.05, 4.69) is 5.32 Å². The normalized spacial score (nSPS) is 16.6. The van der Waals surface area contributed by atoms with Crippen LogP contribution in [0.5, 0.6) is 0 Å². The van der Waals surface area contributed by atoms with Gasteiger partial charge in [0.1, 0.15) is 0 Å². The SMILES string of the molecule is COCCCC(N)C(=O)NC(C)C(C)CO. The van der Waals surface area contributed by atoms with Crippen LogP contribution in [0.4, 0.5) is 0 Å². The van der Waals surface area contributed by atoms with Gasteiger partial charge in [0.25, 0.3) is 0 Å². The molecule has 5 nitrogen and oxygen atoms in total. The first kappa shape index (κ1) is 15.3. The van der Waals surface area contributed by atoms with Crippen LogP contribution in [0.25, 0.3) is 0 Å². The Morgan fingerprint density at radius 1 is 1.50 bits per heavy atom. The van der Waals surface area contributed by atoms with E-state index in [9.17, 15) is 4.79 Å². The van der Waals surface area contributed by atoms with Gasteiger partial charge < -0.3 is 20.9 Å². The van der Waals surface area contributed by atoms with Crippen molar-refractivity contribution in [2.75, 3.05) is 20.3 Å². The molecule has 0 aliphatic carbocycles. The molecule has 0 spiro atoms. The number of hydrogen-bond donors (Lipinski definition) is 3. The third-order valence-corrected chi connectivity index (χ3v) is 2.71. The van der Waals surface area contributed by atoms with Crippen molar-refractivity contribution in [2.24, 2.45) is 11.7 Å². The highest BCUT2D eigenvalue weighted by atomic mass is 16.5. The van der Waals surface area contributed by atoms with E-state index < -0.39 is 6.04 Å². The van der Waals surface area contributed by atoms with Crippen molar-refractivity contribution in [2.45, 2.75) is 38.8 Å². The quantitative estimate of drug-likeness (QED) is 0.509. The van der Waals surface area contributed by atoms with Gasteiger partial charge in [-0.15, -0.1) is 0 Å². The van der Waals surface area contributed by atoms with Gasteiger partial charge in [0, 0.05) is 26.4 Å². The number of hydrogen-bond acceptors (Lipinski definition) is 4. The Morgan fingerprint density at radius 3 is 2.62 bits per heavy atom. The molecule has 5 heteroatoms. The molecule has 0 saturated carbocycles. The van der Waals surface area contributed by atoms with Crippen LogP contribution in [0.3, 0.4) is 0 Å². The van der Waals surface area contributed by atoms with Gasteiger partial charge in [0.15, 0.2) is 0 Å². The molecule has 0 aromatic carbocycles. The number of carbonyl (C=O) groups is 1. The first-order valence-corrected chi connectivity index (χ1v) is 5.68. The molecule has 96 valence electrons. The summed E-state index contributed by atoms with van der Waals surface area (Å²) < 4.78 is 4.89. The summed E-state index contributed by atoms with van der Waals surface area (Å²) in [5.74, 6) is -0.126. The summed E-state index contributed by atoms with van der Waals surface area (Å²) >= 11 is 0. The largest absolute Gasteiger partial charge is 0.396 e. The third kappa shape index (κ3) is 6.05. The number of aliphatic hydroxyl groups excluding tert-OH is 1. The summed E-state index contributed by atoms with van der Waals surface area (Å²) in [6.45, 7) is 4.41. The fraction of sp³-hybridized carbons (Fsp3) is 0.909. The Bertz CT molecular complexity index is 200. The minimum Gasteiger partial charge on any atom is -0.396 e.